The minimum atomic E-state index is -0.505. The molecule has 1 fully saturated rings. The van der Waals surface area contributed by atoms with Crippen LogP contribution in [0.5, 0.6) is 0 Å². The van der Waals surface area contributed by atoms with Gasteiger partial charge in [0.1, 0.15) is 6.04 Å². The van der Waals surface area contributed by atoms with Crippen LogP contribution < -0.4 is 16.6 Å². The lowest BCUT2D eigenvalue weighted by Gasteiger charge is -2.14. The fourth-order valence-corrected chi connectivity index (χ4v) is 2.04. The van der Waals surface area contributed by atoms with E-state index in [1.165, 1.54) is 12.1 Å². The molecule has 1 aromatic rings. The van der Waals surface area contributed by atoms with Gasteiger partial charge in [0.2, 0.25) is 5.91 Å². The smallest absolute Gasteiger partial charge is 0.273 e. The minimum Gasteiger partial charge on any atom is -0.373 e. The maximum atomic E-state index is 11.8. The maximum absolute atomic E-state index is 11.8. The van der Waals surface area contributed by atoms with Crippen LogP contribution in [0.4, 0.5) is 17.1 Å². The Bertz CT molecular complexity index is 519. The molecule has 19 heavy (non-hydrogen) atoms. The molecule has 4 N–H and O–H groups in total. The Hall–Kier alpha value is -2.35. The number of nitrogens with zero attached hydrogens (tertiary/aromatic N) is 2. The Morgan fingerprint density at radius 1 is 1.42 bits per heavy atom. The van der Waals surface area contributed by atoms with E-state index in [9.17, 15) is 14.9 Å². The zero-order valence-corrected chi connectivity index (χ0v) is 10.4. The summed E-state index contributed by atoms with van der Waals surface area (Å²) in [5.74, 6) is 5.25. The molecule has 0 bridgehead atoms. The predicted molar refractivity (Wildman–Crippen MR) is 70.6 cm³/mol. The lowest BCUT2D eigenvalue weighted by molar-refractivity contribution is -0.384. The molecule has 1 amide bonds. The van der Waals surface area contributed by atoms with Gasteiger partial charge in [0.15, 0.2) is 0 Å². The van der Waals surface area contributed by atoms with Crippen LogP contribution >= 0.6 is 0 Å². The number of likely N-dealkylation sites (tertiary alicyclic amines) is 1. The zero-order chi connectivity index (χ0) is 14.0. The molecule has 2 rings (SSSR count). The standard InChI is InChI=1S/C11H15N5O3/c1-15-3-2-10(11(15)17)13-7-4-8(14-12)6-9(5-7)16(18)19/h4-6,10,13-14H,2-3,12H2,1H3. The van der Waals surface area contributed by atoms with Crippen molar-refractivity contribution in [3.8, 4) is 0 Å². The third kappa shape index (κ3) is 2.74. The number of hydrogen-bond acceptors (Lipinski definition) is 6. The van der Waals surface area contributed by atoms with Crippen molar-refractivity contribution in [2.24, 2.45) is 5.84 Å². The van der Waals surface area contributed by atoms with E-state index in [0.29, 0.717) is 24.3 Å². The molecular formula is C11H15N5O3. The Labute approximate surface area is 109 Å². The average molecular weight is 265 g/mol. The number of nitrogens with two attached hydrogens (primary N) is 1. The van der Waals surface area contributed by atoms with Gasteiger partial charge in [-0.15, -0.1) is 0 Å². The van der Waals surface area contributed by atoms with E-state index < -0.39 is 4.92 Å². The third-order valence-electron chi connectivity index (χ3n) is 3.06. The van der Waals surface area contributed by atoms with Crippen molar-refractivity contribution < 1.29 is 9.72 Å². The van der Waals surface area contributed by atoms with Gasteiger partial charge >= 0.3 is 0 Å². The maximum Gasteiger partial charge on any atom is 0.273 e. The van der Waals surface area contributed by atoms with Gasteiger partial charge in [-0.2, -0.15) is 0 Å². The molecule has 0 radical (unpaired) electrons. The summed E-state index contributed by atoms with van der Waals surface area (Å²) in [4.78, 5) is 23.7. The van der Waals surface area contributed by atoms with Gasteiger partial charge in [-0.05, 0) is 12.5 Å². The fourth-order valence-electron chi connectivity index (χ4n) is 2.04. The van der Waals surface area contributed by atoms with Gasteiger partial charge in [-0.25, -0.2) is 0 Å². The second kappa shape index (κ2) is 5.11. The van der Waals surface area contributed by atoms with Crippen molar-refractivity contribution in [3.05, 3.63) is 28.3 Å². The van der Waals surface area contributed by atoms with E-state index in [4.69, 9.17) is 5.84 Å². The van der Waals surface area contributed by atoms with Crippen LogP contribution in [0, 0.1) is 10.1 Å². The van der Waals surface area contributed by atoms with Gasteiger partial charge in [-0.1, -0.05) is 0 Å². The molecule has 1 heterocycles. The number of hydrogen-bond donors (Lipinski definition) is 3. The lowest BCUT2D eigenvalue weighted by Crippen LogP contribution is -2.30. The van der Waals surface area contributed by atoms with Crippen LogP contribution in [0.25, 0.3) is 0 Å². The summed E-state index contributed by atoms with van der Waals surface area (Å²) in [7, 11) is 1.73. The van der Waals surface area contributed by atoms with E-state index in [1.54, 1.807) is 18.0 Å². The Morgan fingerprint density at radius 2 is 2.11 bits per heavy atom. The largest absolute Gasteiger partial charge is 0.373 e. The second-order valence-electron chi connectivity index (χ2n) is 4.42. The fraction of sp³-hybridized carbons (Fsp3) is 0.364. The van der Waals surface area contributed by atoms with Crippen LogP contribution in [0.1, 0.15) is 6.42 Å². The summed E-state index contributed by atoms with van der Waals surface area (Å²) < 4.78 is 0. The van der Waals surface area contributed by atoms with E-state index in [0.717, 1.165) is 0 Å². The molecule has 8 nitrogen and oxygen atoms in total. The van der Waals surface area contributed by atoms with E-state index >= 15 is 0 Å². The van der Waals surface area contributed by atoms with Crippen molar-refractivity contribution >= 4 is 23.0 Å². The highest BCUT2D eigenvalue weighted by atomic mass is 16.6. The molecule has 1 aliphatic rings. The Morgan fingerprint density at radius 3 is 2.63 bits per heavy atom. The van der Waals surface area contributed by atoms with Gasteiger partial charge in [0.05, 0.1) is 10.6 Å². The first-order chi connectivity index (χ1) is 9.01. The summed E-state index contributed by atoms with van der Waals surface area (Å²) in [5.41, 5.74) is 3.19. The lowest BCUT2D eigenvalue weighted by atomic mass is 10.2. The number of nitrogens with one attached hydrogen (secondary N) is 2. The number of rotatable bonds is 4. The number of hydrazine groups is 1. The highest BCUT2D eigenvalue weighted by Crippen LogP contribution is 2.25. The topological polar surface area (TPSA) is 114 Å². The van der Waals surface area contributed by atoms with E-state index in [2.05, 4.69) is 10.7 Å². The number of nitrogen functional groups attached to an aromatic ring is 1. The number of nitro benzene ring substituents is 1. The molecule has 1 saturated heterocycles. The Kier molecular flexibility index (Phi) is 3.52. The number of anilines is 2. The summed E-state index contributed by atoms with van der Waals surface area (Å²) in [6.07, 6.45) is 0.670. The first-order valence-corrected chi connectivity index (χ1v) is 5.79. The Balaban J connectivity index is 2.22. The molecule has 8 heteroatoms. The number of carbonyl (C=O) groups is 1. The van der Waals surface area contributed by atoms with Gasteiger partial charge in [0.25, 0.3) is 5.69 Å². The monoisotopic (exact) mass is 265 g/mol. The number of amides is 1. The number of non-ortho nitro benzene ring substituents is 1. The molecule has 0 aliphatic carbocycles. The van der Waals surface area contributed by atoms with Gasteiger partial charge in [-0.3, -0.25) is 20.8 Å². The highest BCUT2D eigenvalue weighted by Gasteiger charge is 2.29. The molecule has 0 spiro atoms. The quantitative estimate of drug-likeness (QED) is 0.415. The number of likely N-dealkylation sites (N-methyl/N-ethyl adjacent to an activating group) is 1. The zero-order valence-electron chi connectivity index (χ0n) is 10.4. The first kappa shape index (κ1) is 13.1. The van der Waals surface area contributed by atoms with Crippen LogP contribution in [0.2, 0.25) is 0 Å². The van der Waals surface area contributed by atoms with E-state index in [1.807, 2.05) is 0 Å². The summed E-state index contributed by atoms with van der Waals surface area (Å²) >= 11 is 0. The molecule has 1 atom stereocenters. The average Bonchev–Trinajstić information content (AvgIpc) is 2.70. The summed E-state index contributed by atoms with van der Waals surface area (Å²) in [5, 5.41) is 13.8. The van der Waals surface area contributed by atoms with Crippen molar-refractivity contribution in [3.63, 3.8) is 0 Å². The summed E-state index contributed by atoms with van der Waals surface area (Å²) in [6.45, 7) is 0.674. The SMILES string of the molecule is CN1CCC(Nc2cc(NN)cc([N+](=O)[O-])c2)C1=O. The number of benzene rings is 1. The van der Waals surface area contributed by atoms with Crippen LogP contribution in [-0.2, 0) is 4.79 Å². The van der Waals surface area contributed by atoms with Crippen LogP contribution in [0.3, 0.4) is 0 Å². The van der Waals surface area contributed by atoms with E-state index in [-0.39, 0.29) is 17.6 Å². The predicted octanol–water partition coefficient (Wildman–Crippen LogP) is 0.523. The van der Waals surface area contributed by atoms with Crippen molar-refractivity contribution in [2.45, 2.75) is 12.5 Å². The summed E-state index contributed by atoms with van der Waals surface area (Å²) in [6, 6.07) is 3.98. The normalized spacial score (nSPS) is 18.5. The molecule has 0 saturated carbocycles. The van der Waals surface area contributed by atoms with Crippen molar-refractivity contribution in [1.82, 2.24) is 4.90 Å². The molecule has 1 aliphatic heterocycles. The third-order valence-corrected chi connectivity index (χ3v) is 3.06. The second-order valence-corrected chi connectivity index (χ2v) is 4.42. The van der Waals surface area contributed by atoms with Crippen LogP contribution in [-0.4, -0.2) is 35.4 Å². The number of carbonyl (C=O) groups excluding carboxylic acids is 1. The molecule has 1 aromatic carbocycles. The minimum absolute atomic E-state index is 0.0197. The molecule has 1 unspecified atom stereocenters. The van der Waals surface area contributed by atoms with Gasteiger partial charge in [0, 0.05) is 31.4 Å². The highest BCUT2D eigenvalue weighted by molar-refractivity contribution is 5.86. The van der Waals surface area contributed by atoms with Crippen LogP contribution in [0.15, 0.2) is 18.2 Å². The molecule has 102 valence electrons. The van der Waals surface area contributed by atoms with Gasteiger partial charge < -0.3 is 15.6 Å². The molecular weight excluding hydrogens is 250 g/mol. The first-order valence-electron chi connectivity index (χ1n) is 5.79. The number of nitro groups is 1. The van der Waals surface area contributed by atoms with Crippen molar-refractivity contribution in [2.75, 3.05) is 24.3 Å². The molecule has 0 aromatic heterocycles. The van der Waals surface area contributed by atoms with Crippen molar-refractivity contribution in [1.29, 1.82) is 0 Å².